The van der Waals surface area contributed by atoms with Crippen LogP contribution in [0.1, 0.15) is 44.8 Å². The monoisotopic (exact) mass is 290 g/mol. The standard InChI is InChI=1S/C17H26N2O2/c1-13(2)18-17(21)12-19-10-6-9-15(19)11-16(20)14-7-4-3-5-8-14/h3-5,7-8,13,15-16,20H,6,9-12H2,1-2H3,(H,18,21). The SMILES string of the molecule is CC(C)NC(=O)CN1CCCC1CC(O)c1ccccc1. The number of nitrogens with one attached hydrogen (secondary N) is 1. The van der Waals surface area contributed by atoms with Gasteiger partial charge in [-0.25, -0.2) is 0 Å². The third kappa shape index (κ3) is 4.83. The lowest BCUT2D eigenvalue weighted by atomic mass is 10.0. The maximum absolute atomic E-state index is 11.9. The molecule has 0 aromatic heterocycles. The van der Waals surface area contributed by atoms with E-state index in [0.717, 1.165) is 24.9 Å². The third-order valence-electron chi connectivity index (χ3n) is 3.98. The molecule has 1 heterocycles. The first-order chi connectivity index (χ1) is 10.1. The van der Waals surface area contributed by atoms with E-state index in [1.54, 1.807) is 0 Å². The van der Waals surface area contributed by atoms with E-state index in [2.05, 4.69) is 10.2 Å². The largest absolute Gasteiger partial charge is 0.388 e. The molecule has 1 fully saturated rings. The predicted octanol–water partition coefficient (Wildman–Crippen LogP) is 2.10. The molecule has 4 heteroatoms. The van der Waals surface area contributed by atoms with Gasteiger partial charge in [0, 0.05) is 12.1 Å². The van der Waals surface area contributed by atoms with Gasteiger partial charge in [-0.2, -0.15) is 0 Å². The fourth-order valence-electron chi connectivity index (χ4n) is 2.99. The van der Waals surface area contributed by atoms with Gasteiger partial charge in [-0.05, 0) is 45.2 Å². The van der Waals surface area contributed by atoms with Crippen LogP contribution in [0.2, 0.25) is 0 Å². The van der Waals surface area contributed by atoms with Crippen molar-refractivity contribution in [1.82, 2.24) is 10.2 Å². The maximum atomic E-state index is 11.9. The van der Waals surface area contributed by atoms with Crippen molar-refractivity contribution in [1.29, 1.82) is 0 Å². The minimum absolute atomic E-state index is 0.0751. The van der Waals surface area contributed by atoms with Gasteiger partial charge >= 0.3 is 0 Å². The van der Waals surface area contributed by atoms with Gasteiger partial charge in [-0.1, -0.05) is 30.3 Å². The van der Waals surface area contributed by atoms with Gasteiger partial charge in [0.25, 0.3) is 0 Å². The van der Waals surface area contributed by atoms with Crippen LogP contribution in [0.15, 0.2) is 30.3 Å². The van der Waals surface area contributed by atoms with Gasteiger partial charge in [0.1, 0.15) is 0 Å². The lowest BCUT2D eigenvalue weighted by molar-refractivity contribution is -0.123. The summed E-state index contributed by atoms with van der Waals surface area (Å²) in [4.78, 5) is 14.1. The summed E-state index contributed by atoms with van der Waals surface area (Å²) in [5.74, 6) is 0.0751. The number of carbonyl (C=O) groups excluding carboxylic acids is 1. The molecule has 1 aliphatic heterocycles. The summed E-state index contributed by atoms with van der Waals surface area (Å²) in [6, 6.07) is 10.2. The van der Waals surface area contributed by atoms with E-state index in [-0.39, 0.29) is 18.0 Å². The summed E-state index contributed by atoms with van der Waals surface area (Å²) >= 11 is 0. The van der Waals surface area contributed by atoms with Gasteiger partial charge in [0.2, 0.25) is 5.91 Å². The van der Waals surface area contributed by atoms with Crippen LogP contribution >= 0.6 is 0 Å². The number of aliphatic hydroxyl groups is 1. The molecule has 4 nitrogen and oxygen atoms in total. The first kappa shape index (κ1) is 16.0. The van der Waals surface area contributed by atoms with Crippen molar-refractivity contribution in [2.24, 2.45) is 0 Å². The van der Waals surface area contributed by atoms with Crippen LogP contribution in [0, 0.1) is 0 Å². The van der Waals surface area contributed by atoms with Crippen LogP contribution in [-0.2, 0) is 4.79 Å². The van der Waals surface area contributed by atoms with Crippen molar-refractivity contribution in [3.8, 4) is 0 Å². The molecule has 1 amide bonds. The molecule has 116 valence electrons. The lowest BCUT2D eigenvalue weighted by Crippen LogP contribution is -2.42. The second-order valence-corrected chi connectivity index (χ2v) is 6.15. The average molecular weight is 290 g/mol. The minimum atomic E-state index is -0.454. The van der Waals surface area contributed by atoms with Gasteiger partial charge in [0.15, 0.2) is 0 Å². The second-order valence-electron chi connectivity index (χ2n) is 6.15. The molecule has 1 aliphatic rings. The number of hydrogen-bond donors (Lipinski definition) is 2. The Kier molecular flexibility index (Phi) is 5.76. The first-order valence-electron chi connectivity index (χ1n) is 7.82. The van der Waals surface area contributed by atoms with E-state index in [1.807, 2.05) is 44.2 Å². The molecule has 2 rings (SSSR count). The molecule has 0 spiro atoms. The Labute approximate surface area is 127 Å². The predicted molar refractivity (Wildman–Crippen MR) is 83.9 cm³/mol. The maximum Gasteiger partial charge on any atom is 0.234 e. The Morgan fingerprint density at radius 1 is 1.38 bits per heavy atom. The van der Waals surface area contributed by atoms with E-state index < -0.39 is 6.10 Å². The summed E-state index contributed by atoms with van der Waals surface area (Å²) < 4.78 is 0. The number of hydrogen-bond acceptors (Lipinski definition) is 3. The molecular formula is C17H26N2O2. The van der Waals surface area contributed by atoms with Gasteiger partial charge in [-0.3, -0.25) is 9.69 Å². The van der Waals surface area contributed by atoms with Crippen LogP contribution in [-0.4, -0.2) is 41.1 Å². The van der Waals surface area contributed by atoms with Crippen LogP contribution in [0.5, 0.6) is 0 Å². The zero-order valence-electron chi connectivity index (χ0n) is 13.0. The van der Waals surface area contributed by atoms with Crippen molar-refractivity contribution >= 4 is 5.91 Å². The molecule has 1 saturated heterocycles. The third-order valence-corrected chi connectivity index (χ3v) is 3.98. The first-order valence-corrected chi connectivity index (χ1v) is 7.82. The summed E-state index contributed by atoms with van der Waals surface area (Å²) in [6.45, 7) is 5.32. The normalized spacial score (nSPS) is 20.7. The molecule has 1 aromatic rings. The van der Waals surface area contributed by atoms with Crippen molar-refractivity contribution in [2.75, 3.05) is 13.1 Å². The van der Waals surface area contributed by atoms with Gasteiger partial charge < -0.3 is 10.4 Å². The summed E-state index contributed by atoms with van der Waals surface area (Å²) in [7, 11) is 0. The van der Waals surface area contributed by atoms with Crippen molar-refractivity contribution < 1.29 is 9.90 Å². The van der Waals surface area contributed by atoms with Crippen LogP contribution in [0.4, 0.5) is 0 Å². The molecule has 2 unspecified atom stereocenters. The van der Waals surface area contributed by atoms with E-state index in [0.29, 0.717) is 13.0 Å². The Morgan fingerprint density at radius 3 is 2.76 bits per heavy atom. The van der Waals surface area contributed by atoms with Crippen LogP contribution in [0.25, 0.3) is 0 Å². The van der Waals surface area contributed by atoms with Crippen molar-refractivity contribution in [2.45, 2.75) is 51.3 Å². The van der Waals surface area contributed by atoms with Crippen LogP contribution in [0.3, 0.4) is 0 Å². The molecule has 1 aromatic carbocycles. The Bertz CT molecular complexity index is 447. The number of aliphatic hydroxyl groups excluding tert-OH is 1. The number of benzene rings is 1. The summed E-state index contributed by atoms with van der Waals surface area (Å²) in [5.41, 5.74) is 0.955. The average Bonchev–Trinajstić information content (AvgIpc) is 2.86. The van der Waals surface area contributed by atoms with E-state index in [1.165, 1.54) is 0 Å². The molecule has 0 bridgehead atoms. The number of rotatable bonds is 6. The highest BCUT2D eigenvalue weighted by Gasteiger charge is 2.28. The van der Waals surface area contributed by atoms with Crippen molar-refractivity contribution in [3.63, 3.8) is 0 Å². The fourth-order valence-corrected chi connectivity index (χ4v) is 2.99. The number of likely N-dealkylation sites (tertiary alicyclic amines) is 1. The Hall–Kier alpha value is -1.39. The molecule has 21 heavy (non-hydrogen) atoms. The zero-order chi connectivity index (χ0) is 15.2. The van der Waals surface area contributed by atoms with Crippen molar-refractivity contribution in [3.05, 3.63) is 35.9 Å². The topological polar surface area (TPSA) is 52.6 Å². The molecule has 2 N–H and O–H groups in total. The zero-order valence-corrected chi connectivity index (χ0v) is 13.0. The van der Waals surface area contributed by atoms with Gasteiger partial charge in [-0.15, -0.1) is 0 Å². The highest BCUT2D eigenvalue weighted by atomic mass is 16.3. The Balaban J connectivity index is 1.88. The summed E-state index contributed by atoms with van der Waals surface area (Å²) in [6.07, 6.45) is 2.39. The Morgan fingerprint density at radius 2 is 2.10 bits per heavy atom. The number of amides is 1. The summed E-state index contributed by atoms with van der Waals surface area (Å²) in [5, 5.41) is 13.3. The molecular weight excluding hydrogens is 264 g/mol. The lowest BCUT2D eigenvalue weighted by Gasteiger charge is -2.26. The highest BCUT2D eigenvalue weighted by molar-refractivity contribution is 5.78. The van der Waals surface area contributed by atoms with E-state index in [4.69, 9.17) is 0 Å². The smallest absolute Gasteiger partial charge is 0.234 e. The highest BCUT2D eigenvalue weighted by Crippen LogP contribution is 2.26. The fraction of sp³-hybridized carbons (Fsp3) is 0.588. The molecule has 0 radical (unpaired) electrons. The second kappa shape index (κ2) is 7.57. The quantitative estimate of drug-likeness (QED) is 0.843. The molecule has 0 aliphatic carbocycles. The molecule has 2 atom stereocenters. The van der Waals surface area contributed by atoms with E-state index >= 15 is 0 Å². The number of carbonyl (C=O) groups is 1. The van der Waals surface area contributed by atoms with Gasteiger partial charge in [0.05, 0.1) is 12.6 Å². The van der Waals surface area contributed by atoms with E-state index in [9.17, 15) is 9.90 Å². The molecule has 0 saturated carbocycles. The minimum Gasteiger partial charge on any atom is -0.388 e. The van der Waals surface area contributed by atoms with Crippen LogP contribution < -0.4 is 5.32 Å². The number of nitrogens with zero attached hydrogens (tertiary/aromatic N) is 1.